The van der Waals surface area contributed by atoms with Crippen LogP contribution >= 0.6 is 11.6 Å². The second kappa shape index (κ2) is 5.63. The topological polar surface area (TPSA) is 58.6 Å². The highest BCUT2D eigenvalue weighted by Gasteiger charge is 2.08. The first kappa shape index (κ1) is 13.2. The molecule has 98 valence electrons. The number of halogens is 1. The number of carbonyl (C=O) groups excluding carboxylic acids is 1. The maximum absolute atomic E-state index is 11.7. The molecule has 0 saturated heterocycles. The highest BCUT2D eigenvalue weighted by molar-refractivity contribution is 6.33. The molecule has 0 unspecified atom stereocenters. The molecular weight excluding hydrogens is 266 g/mol. The van der Waals surface area contributed by atoms with Crippen molar-refractivity contribution in [1.82, 2.24) is 0 Å². The zero-order valence-corrected chi connectivity index (χ0v) is 10.9. The number of amides is 1. The molecule has 2 aromatic rings. The Bertz CT molecular complexity index is 613. The van der Waals surface area contributed by atoms with E-state index in [1.807, 2.05) is 0 Å². The van der Waals surface area contributed by atoms with Crippen molar-refractivity contribution in [1.29, 1.82) is 0 Å². The van der Waals surface area contributed by atoms with Crippen molar-refractivity contribution in [2.45, 2.75) is 6.92 Å². The molecule has 0 atom stereocenters. The first-order valence-electron chi connectivity index (χ1n) is 5.59. The molecule has 0 bridgehead atoms. The molecule has 0 aromatic heterocycles. The number of phenolic OH excluding ortho intramolecular Hbond substituents is 1. The number of carbonyl (C=O) groups is 1. The summed E-state index contributed by atoms with van der Waals surface area (Å²) in [7, 11) is 0. The summed E-state index contributed by atoms with van der Waals surface area (Å²) in [4.78, 5) is 11.7. The lowest BCUT2D eigenvalue weighted by Gasteiger charge is -2.08. The van der Waals surface area contributed by atoms with Crippen LogP contribution in [0, 0.1) is 6.92 Å². The van der Waals surface area contributed by atoms with Gasteiger partial charge in [0, 0.05) is 0 Å². The van der Waals surface area contributed by atoms with E-state index < -0.39 is 6.09 Å². The van der Waals surface area contributed by atoms with Crippen LogP contribution in [0.4, 0.5) is 10.5 Å². The Labute approximate surface area is 115 Å². The Morgan fingerprint density at radius 1 is 1.26 bits per heavy atom. The van der Waals surface area contributed by atoms with Crippen molar-refractivity contribution < 1.29 is 14.6 Å². The van der Waals surface area contributed by atoms with Crippen molar-refractivity contribution in [3.63, 3.8) is 0 Å². The van der Waals surface area contributed by atoms with E-state index in [2.05, 4.69) is 5.32 Å². The SMILES string of the molecule is Cc1cc(OC(=O)Nc2ccccc2Cl)ccc1O. The zero-order valence-electron chi connectivity index (χ0n) is 10.2. The van der Waals surface area contributed by atoms with Crippen LogP contribution in [0.3, 0.4) is 0 Å². The standard InChI is InChI=1S/C14H12ClNO3/c1-9-8-10(6-7-13(9)17)19-14(18)16-12-5-3-2-4-11(12)15/h2-8,17H,1H3,(H,16,18). The van der Waals surface area contributed by atoms with Crippen LogP contribution in [0.15, 0.2) is 42.5 Å². The summed E-state index contributed by atoms with van der Waals surface area (Å²) in [5.41, 5.74) is 1.10. The molecule has 0 heterocycles. The third kappa shape index (κ3) is 3.39. The van der Waals surface area contributed by atoms with Gasteiger partial charge in [0.25, 0.3) is 0 Å². The third-order valence-electron chi connectivity index (χ3n) is 2.49. The molecule has 19 heavy (non-hydrogen) atoms. The summed E-state index contributed by atoms with van der Waals surface area (Å²) in [5, 5.41) is 12.3. The second-order valence-corrected chi connectivity index (χ2v) is 4.35. The normalized spacial score (nSPS) is 10.0. The molecule has 0 aliphatic rings. The highest BCUT2D eigenvalue weighted by Crippen LogP contribution is 2.23. The van der Waals surface area contributed by atoms with Gasteiger partial charge in [0.15, 0.2) is 0 Å². The Balaban J connectivity index is 2.05. The summed E-state index contributed by atoms with van der Waals surface area (Å²) >= 11 is 5.91. The number of hydrogen-bond acceptors (Lipinski definition) is 3. The van der Waals surface area contributed by atoms with Crippen molar-refractivity contribution in [3.8, 4) is 11.5 Å². The smallest absolute Gasteiger partial charge is 0.417 e. The lowest BCUT2D eigenvalue weighted by molar-refractivity contribution is 0.215. The van der Waals surface area contributed by atoms with Gasteiger partial charge in [-0.25, -0.2) is 4.79 Å². The summed E-state index contributed by atoms with van der Waals surface area (Å²) < 4.78 is 5.09. The van der Waals surface area contributed by atoms with Gasteiger partial charge in [0.1, 0.15) is 11.5 Å². The molecule has 0 radical (unpaired) electrons. The monoisotopic (exact) mass is 277 g/mol. The third-order valence-corrected chi connectivity index (χ3v) is 2.82. The minimum Gasteiger partial charge on any atom is -0.508 e. The maximum atomic E-state index is 11.7. The molecule has 0 saturated carbocycles. The van der Waals surface area contributed by atoms with Crippen molar-refractivity contribution in [3.05, 3.63) is 53.1 Å². The van der Waals surface area contributed by atoms with E-state index in [0.29, 0.717) is 22.0 Å². The van der Waals surface area contributed by atoms with Gasteiger partial charge in [0.05, 0.1) is 10.7 Å². The van der Waals surface area contributed by atoms with Gasteiger partial charge >= 0.3 is 6.09 Å². The Hall–Kier alpha value is -2.20. The number of rotatable bonds is 2. The van der Waals surface area contributed by atoms with E-state index in [1.54, 1.807) is 37.3 Å². The number of aromatic hydroxyl groups is 1. The molecule has 2 rings (SSSR count). The molecule has 0 spiro atoms. The number of nitrogens with one attached hydrogen (secondary N) is 1. The number of para-hydroxylation sites is 1. The molecule has 2 N–H and O–H groups in total. The average Bonchev–Trinajstić information content (AvgIpc) is 2.37. The van der Waals surface area contributed by atoms with Gasteiger partial charge in [-0.3, -0.25) is 5.32 Å². The fourth-order valence-electron chi connectivity index (χ4n) is 1.50. The summed E-state index contributed by atoms with van der Waals surface area (Å²) in [6.45, 7) is 1.72. The number of anilines is 1. The van der Waals surface area contributed by atoms with Gasteiger partial charge in [-0.05, 0) is 42.8 Å². The number of hydrogen-bond donors (Lipinski definition) is 2. The van der Waals surface area contributed by atoms with Crippen LogP contribution in [0.1, 0.15) is 5.56 Å². The van der Waals surface area contributed by atoms with E-state index in [0.717, 1.165) is 0 Å². The lowest BCUT2D eigenvalue weighted by atomic mass is 10.2. The van der Waals surface area contributed by atoms with Crippen LogP contribution in [0.25, 0.3) is 0 Å². The number of benzene rings is 2. The van der Waals surface area contributed by atoms with Crippen LogP contribution in [-0.4, -0.2) is 11.2 Å². The molecule has 1 amide bonds. The first-order valence-corrected chi connectivity index (χ1v) is 5.97. The average molecular weight is 278 g/mol. The zero-order chi connectivity index (χ0) is 13.8. The molecule has 2 aromatic carbocycles. The molecule has 5 heteroatoms. The van der Waals surface area contributed by atoms with Crippen LogP contribution < -0.4 is 10.1 Å². The van der Waals surface area contributed by atoms with Gasteiger partial charge in [-0.15, -0.1) is 0 Å². The molecular formula is C14H12ClNO3. The van der Waals surface area contributed by atoms with E-state index in [4.69, 9.17) is 16.3 Å². The van der Waals surface area contributed by atoms with Gasteiger partial charge in [0.2, 0.25) is 0 Å². The predicted molar refractivity (Wildman–Crippen MR) is 73.9 cm³/mol. The lowest BCUT2D eigenvalue weighted by Crippen LogP contribution is -2.16. The van der Waals surface area contributed by atoms with E-state index in [9.17, 15) is 9.90 Å². The maximum Gasteiger partial charge on any atom is 0.417 e. The number of phenols is 1. The van der Waals surface area contributed by atoms with E-state index >= 15 is 0 Å². The Morgan fingerprint density at radius 3 is 2.68 bits per heavy atom. The second-order valence-electron chi connectivity index (χ2n) is 3.94. The van der Waals surface area contributed by atoms with Crippen LogP contribution in [0.5, 0.6) is 11.5 Å². The van der Waals surface area contributed by atoms with Gasteiger partial charge < -0.3 is 9.84 Å². The molecule has 4 nitrogen and oxygen atoms in total. The minimum atomic E-state index is -0.641. The van der Waals surface area contributed by atoms with Crippen molar-refractivity contribution in [2.24, 2.45) is 0 Å². The Morgan fingerprint density at radius 2 is 2.00 bits per heavy atom. The van der Waals surface area contributed by atoms with E-state index in [1.165, 1.54) is 12.1 Å². The fourth-order valence-corrected chi connectivity index (χ4v) is 1.68. The predicted octanol–water partition coefficient (Wildman–Crippen LogP) is 3.96. The fraction of sp³-hybridized carbons (Fsp3) is 0.0714. The first-order chi connectivity index (χ1) is 9.06. The number of ether oxygens (including phenoxy) is 1. The van der Waals surface area contributed by atoms with Gasteiger partial charge in [-0.2, -0.15) is 0 Å². The largest absolute Gasteiger partial charge is 0.508 e. The molecule has 0 aliphatic carbocycles. The van der Waals surface area contributed by atoms with Crippen molar-refractivity contribution >= 4 is 23.4 Å². The van der Waals surface area contributed by atoms with Crippen LogP contribution in [0.2, 0.25) is 5.02 Å². The summed E-state index contributed by atoms with van der Waals surface area (Å²) in [5.74, 6) is 0.499. The van der Waals surface area contributed by atoms with Crippen LogP contribution in [-0.2, 0) is 0 Å². The van der Waals surface area contributed by atoms with Crippen molar-refractivity contribution in [2.75, 3.05) is 5.32 Å². The minimum absolute atomic E-state index is 0.152. The Kier molecular flexibility index (Phi) is 3.92. The number of aryl methyl sites for hydroxylation is 1. The highest BCUT2D eigenvalue weighted by atomic mass is 35.5. The quantitative estimate of drug-likeness (QED) is 0.873. The summed E-state index contributed by atoms with van der Waals surface area (Å²) in [6.07, 6.45) is -0.641. The summed E-state index contributed by atoms with van der Waals surface area (Å²) in [6, 6.07) is 11.4. The molecule has 0 aliphatic heterocycles. The van der Waals surface area contributed by atoms with Gasteiger partial charge in [-0.1, -0.05) is 23.7 Å². The van der Waals surface area contributed by atoms with E-state index in [-0.39, 0.29) is 5.75 Å². The molecule has 0 fully saturated rings.